The molecule has 2 rings (SSSR count). The lowest BCUT2D eigenvalue weighted by atomic mass is 9.98. The van der Waals surface area contributed by atoms with Crippen LogP contribution in [0.2, 0.25) is 0 Å². The smallest absolute Gasteiger partial charge is 0.315 e. The third-order valence-electron chi connectivity index (χ3n) is 4.23. The van der Waals surface area contributed by atoms with E-state index in [4.69, 9.17) is 0 Å². The molecule has 1 aromatic carbocycles. The summed E-state index contributed by atoms with van der Waals surface area (Å²) < 4.78 is 0. The van der Waals surface area contributed by atoms with Crippen LogP contribution in [0.15, 0.2) is 30.3 Å². The molecule has 0 spiro atoms. The molecule has 2 atom stereocenters. The Morgan fingerprint density at radius 3 is 2.55 bits per heavy atom. The Kier molecular flexibility index (Phi) is 4.65. The minimum absolute atomic E-state index is 0.186. The average molecular weight is 276 g/mol. The normalized spacial score (nSPS) is 21.4. The molecule has 1 aliphatic carbocycles. The molecule has 0 heterocycles. The molecule has 1 fully saturated rings. The predicted molar refractivity (Wildman–Crippen MR) is 79.7 cm³/mol. The zero-order valence-corrected chi connectivity index (χ0v) is 12.2. The Labute approximate surface area is 120 Å². The fraction of sp³-hybridized carbons (Fsp3) is 0.562. The number of amides is 2. The maximum absolute atomic E-state index is 11.8. The maximum atomic E-state index is 11.8. The van der Waals surface area contributed by atoms with E-state index < -0.39 is 5.60 Å². The van der Waals surface area contributed by atoms with Crippen molar-refractivity contribution in [3.05, 3.63) is 35.9 Å². The number of hydrogen-bond acceptors (Lipinski definition) is 2. The van der Waals surface area contributed by atoms with Gasteiger partial charge in [0.2, 0.25) is 0 Å². The molecule has 0 bridgehead atoms. The number of carbonyl (C=O) groups excluding carboxylic acids is 1. The van der Waals surface area contributed by atoms with Gasteiger partial charge in [0.05, 0.1) is 5.60 Å². The molecule has 2 unspecified atom stereocenters. The Bertz CT molecular complexity index is 443. The van der Waals surface area contributed by atoms with Crippen LogP contribution in [-0.4, -0.2) is 29.3 Å². The molecule has 1 aliphatic rings. The second-order valence-corrected chi connectivity index (χ2v) is 5.62. The Hall–Kier alpha value is -1.55. The summed E-state index contributed by atoms with van der Waals surface area (Å²) in [6.45, 7) is 4.15. The van der Waals surface area contributed by atoms with Gasteiger partial charge in [-0.15, -0.1) is 0 Å². The van der Waals surface area contributed by atoms with Crippen molar-refractivity contribution in [2.45, 2.75) is 50.7 Å². The van der Waals surface area contributed by atoms with Gasteiger partial charge in [0.15, 0.2) is 0 Å². The summed E-state index contributed by atoms with van der Waals surface area (Å²) in [5.41, 5.74) is 0.483. The average Bonchev–Trinajstić information content (AvgIpc) is 3.25. The monoisotopic (exact) mass is 276 g/mol. The van der Waals surface area contributed by atoms with Crippen molar-refractivity contribution in [1.29, 1.82) is 0 Å². The highest BCUT2D eigenvalue weighted by Crippen LogP contribution is 2.40. The van der Waals surface area contributed by atoms with Gasteiger partial charge in [-0.1, -0.05) is 44.2 Å². The molecule has 1 saturated carbocycles. The van der Waals surface area contributed by atoms with Crippen LogP contribution in [0.25, 0.3) is 0 Å². The van der Waals surface area contributed by atoms with Crippen LogP contribution in [0.4, 0.5) is 4.79 Å². The van der Waals surface area contributed by atoms with Gasteiger partial charge < -0.3 is 15.7 Å². The van der Waals surface area contributed by atoms with E-state index in [1.807, 2.05) is 32.0 Å². The van der Waals surface area contributed by atoms with E-state index in [0.29, 0.717) is 25.3 Å². The molecule has 0 saturated heterocycles. The lowest BCUT2D eigenvalue weighted by molar-refractivity contribution is 0.0349. The van der Waals surface area contributed by atoms with Gasteiger partial charge in [0.25, 0.3) is 0 Å². The fourth-order valence-corrected chi connectivity index (χ4v) is 2.39. The molecule has 110 valence electrons. The third-order valence-corrected chi connectivity index (χ3v) is 4.23. The van der Waals surface area contributed by atoms with Gasteiger partial charge in [-0.05, 0) is 24.8 Å². The molecule has 0 aliphatic heterocycles. The molecule has 20 heavy (non-hydrogen) atoms. The highest BCUT2D eigenvalue weighted by Gasteiger charge is 2.39. The standard InChI is InChI=1S/C16H24N2O2/c1-3-16(20,4-2)11-17-15(19)18-14-10-13(14)12-8-6-5-7-9-12/h5-9,13-14,20H,3-4,10-11H2,1-2H3,(H2,17,18,19). The SMILES string of the molecule is CCC(O)(CC)CNC(=O)NC1CC1c1ccccc1. The van der Waals surface area contributed by atoms with Crippen LogP contribution in [-0.2, 0) is 0 Å². The van der Waals surface area contributed by atoms with Gasteiger partial charge in [0.1, 0.15) is 0 Å². The third kappa shape index (κ3) is 3.73. The first kappa shape index (κ1) is 14.9. The summed E-state index contributed by atoms with van der Waals surface area (Å²) in [5.74, 6) is 0.429. The van der Waals surface area contributed by atoms with Crippen LogP contribution in [0.1, 0.15) is 44.6 Å². The van der Waals surface area contributed by atoms with E-state index in [1.54, 1.807) is 0 Å². The molecule has 1 aromatic rings. The van der Waals surface area contributed by atoms with Crippen molar-refractivity contribution < 1.29 is 9.90 Å². The maximum Gasteiger partial charge on any atom is 0.315 e. The molecule has 0 aromatic heterocycles. The van der Waals surface area contributed by atoms with Crippen molar-refractivity contribution in [2.75, 3.05) is 6.54 Å². The summed E-state index contributed by atoms with van der Waals surface area (Å²) in [7, 11) is 0. The molecule has 4 heteroatoms. The number of rotatable bonds is 6. The zero-order chi connectivity index (χ0) is 14.6. The van der Waals surface area contributed by atoms with Gasteiger partial charge in [-0.3, -0.25) is 0 Å². The number of hydrogen-bond donors (Lipinski definition) is 3. The summed E-state index contributed by atoms with van der Waals surface area (Å²) >= 11 is 0. The van der Waals surface area contributed by atoms with Crippen LogP contribution < -0.4 is 10.6 Å². The van der Waals surface area contributed by atoms with Crippen LogP contribution in [0.5, 0.6) is 0 Å². The van der Waals surface area contributed by atoms with E-state index in [-0.39, 0.29) is 12.1 Å². The summed E-state index contributed by atoms with van der Waals surface area (Å²) in [4.78, 5) is 11.8. The van der Waals surface area contributed by atoms with E-state index in [0.717, 1.165) is 6.42 Å². The summed E-state index contributed by atoms with van der Waals surface area (Å²) in [6, 6.07) is 10.3. The minimum Gasteiger partial charge on any atom is -0.388 e. The van der Waals surface area contributed by atoms with Gasteiger partial charge >= 0.3 is 6.03 Å². The zero-order valence-electron chi connectivity index (χ0n) is 12.2. The highest BCUT2D eigenvalue weighted by molar-refractivity contribution is 5.75. The van der Waals surface area contributed by atoms with Crippen molar-refractivity contribution in [2.24, 2.45) is 0 Å². The van der Waals surface area contributed by atoms with E-state index >= 15 is 0 Å². The van der Waals surface area contributed by atoms with Crippen molar-refractivity contribution in [3.8, 4) is 0 Å². The lowest BCUT2D eigenvalue weighted by Gasteiger charge is -2.25. The Morgan fingerprint density at radius 1 is 1.30 bits per heavy atom. The number of aliphatic hydroxyl groups is 1. The van der Waals surface area contributed by atoms with Crippen molar-refractivity contribution in [1.82, 2.24) is 10.6 Å². The van der Waals surface area contributed by atoms with Crippen LogP contribution >= 0.6 is 0 Å². The topological polar surface area (TPSA) is 61.4 Å². The van der Waals surface area contributed by atoms with Gasteiger partial charge in [0, 0.05) is 18.5 Å². The predicted octanol–water partition coefficient (Wildman–Crippen LogP) is 2.39. The number of nitrogens with one attached hydrogen (secondary N) is 2. The number of urea groups is 1. The summed E-state index contributed by atoms with van der Waals surface area (Å²) in [6.07, 6.45) is 2.27. The first-order valence-corrected chi connectivity index (χ1v) is 7.39. The molecule has 4 nitrogen and oxygen atoms in total. The van der Waals surface area contributed by atoms with E-state index in [1.165, 1.54) is 5.56 Å². The Balaban J connectivity index is 1.74. The number of carbonyl (C=O) groups is 1. The largest absolute Gasteiger partial charge is 0.388 e. The highest BCUT2D eigenvalue weighted by atomic mass is 16.3. The van der Waals surface area contributed by atoms with E-state index in [2.05, 4.69) is 22.8 Å². The second kappa shape index (κ2) is 6.27. The minimum atomic E-state index is -0.792. The molecular formula is C16H24N2O2. The fourth-order valence-electron chi connectivity index (χ4n) is 2.39. The number of benzene rings is 1. The Morgan fingerprint density at radius 2 is 1.95 bits per heavy atom. The quantitative estimate of drug-likeness (QED) is 0.747. The lowest BCUT2D eigenvalue weighted by Crippen LogP contribution is -2.46. The van der Waals surface area contributed by atoms with Gasteiger partial charge in [-0.2, -0.15) is 0 Å². The van der Waals surface area contributed by atoms with Gasteiger partial charge in [-0.25, -0.2) is 4.79 Å². The molecule has 2 amide bonds. The van der Waals surface area contributed by atoms with E-state index in [9.17, 15) is 9.90 Å². The first-order valence-electron chi connectivity index (χ1n) is 7.39. The van der Waals surface area contributed by atoms with Crippen LogP contribution in [0, 0.1) is 0 Å². The van der Waals surface area contributed by atoms with Crippen molar-refractivity contribution in [3.63, 3.8) is 0 Å². The van der Waals surface area contributed by atoms with Crippen LogP contribution in [0.3, 0.4) is 0 Å². The molecule has 0 radical (unpaired) electrons. The summed E-state index contributed by atoms with van der Waals surface area (Å²) in [5, 5.41) is 15.8. The van der Waals surface area contributed by atoms with Crippen molar-refractivity contribution >= 4 is 6.03 Å². The first-order chi connectivity index (χ1) is 9.58. The molecule has 3 N–H and O–H groups in total. The molecular weight excluding hydrogens is 252 g/mol. The second-order valence-electron chi connectivity index (χ2n) is 5.62.